The fraction of sp³-hybridized carbons (Fsp3) is 0.250. The molecule has 0 radical (unpaired) electrons. The maximum absolute atomic E-state index is 10.6. The summed E-state index contributed by atoms with van der Waals surface area (Å²) in [6, 6.07) is 1.81. The van der Waals surface area contributed by atoms with Gasteiger partial charge in [-0.1, -0.05) is 0 Å². The number of nitrogens with zero attached hydrogens (tertiary/aromatic N) is 1. The molecule has 0 unspecified atom stereocenters. The lowest BCUT2D eigenvalue weighted by Gasteiger charge is -2.11. The van der Waals surface area contributed by atoms with Crippen LogP contribution in [0.4, 0.5) is 5.69 Å². The van der Waals surface area contributed by atoms with Crippen molar-refractivity contribution < 1.29 is 10.0 Å². The maximum Gasteiger partial charge on any atom is 0.271 e. The van der Waals surface area contributed by atoms with E-state index in [2.05, 4.69) is 15.9 Å². The standard InChI is InChI=1S/C8H10BrN3O3.ClH/c9-6-2-4(12(14)15)1-5(8(6)13)7(11)3-10;/h1-2,7,13H,3,10-11H2;1H/t7-;/m1./s1. The third-order valence-corrected chi connectivity index (χ3v) is 2.55. The average Bonchev–Trinajstić information content (AvgIpc) is 2.20. The average molecular weight is 313 g/mol. The van der Waals surface area contributed by atoms with Crippen molar-refractivity contribution in [1.29, 1.82) is 0 Å². The second-order valence-corrected chi connectivity index (χ2v) is 3.82. The Morgan fingerprint density at radius 2 is 2.12 bits per heavy atom. The molecule has 0 heterocycles. The quantitative estimate of drug-likeness (QED) is 0.577. The van der Waals surface area contributed by atoms with Crippen LogP contribution < -0.4 is 11.5 Å². The third-order valence-electron chi connectivity index (χ3n) is 1.94. The minimum atomic E-state index is -0.624. The van der Waals surface area contributed by atoms with Crippen molar-refractivity contribution in [2.45, 2.75) is 6.04 Å². The van der Waals surface area contributed by atoms with Gasteiger partial charge in [-0.25, -0.2) is 0 Å². The predicted molar refractivity (Wildman–Crippen MR) is 65.7 cm³/mol. The van der Waals surface area contributed by atoms with Gasteiger partial charge in [0.15, 0.2) is 0 Å². The highest BCUT2D eigenvalue weighted by molar-refractivity contribution is 9.10. The molecule has 1 atom stereocenters. The van der Waals surface area contributed by atoms with Crippen molar-refractivity contribution in [3.8, 4) is 5.75 Å². The van der Waals surface area contributed by atoms with E-state index in [1.807, 2.05) is 0 Å². The summed E-state index contributed by atoms with van der Waals surface area (Å²) >= 11 is 3.01. The summed E-state index contributed by atoms with van der Waals surface area (Å²) in [5, 5.41) is 20.2. The first-order chi connectivity index (χ1) is 6.97. The van der Waals surface area contributed by atoms with Crippen LogP contribution >= 0.6 is 28.3 Å². The first-order valence-electron chi connectivity index (χ1n) is 4.09. The van der Waals surface area contributed by atoms with Gasteiger partial charge in [0.25, 0.3) is 5.69 Å². The van der Waals surface area contributed by atoms with Crippen LogP contribution in [0.25, 0.3) is 0 Å². The van der Waals surface area contributed by atoms with Crippen molar-refractivity contribution in [3.63, 3.8) is 0 Å². The molecule has 0 saturated carbocycles. The summed E-state index contributed by atoms with van der Waals surface area (Å²) in [6.45, 7) is 0.0984. The number of hydrogen-bond donors (Lipinski definition) is 3. The summed E-state index contributed by atoms with van der Waals surface area (Å²) in [6.07, 6.45) is 0. The Kier molecular flexibility index (Phi) is 5.66. The molecule has 0 bridgehead atoms. The van der Waals surface area contributed by atoms with E-state index in [1.165, 1.54) is 12.1 Å². The van der Waals surface area contributed by atoms with Crippen LogP contribution in [0.3, 0.4) is 0 Å². The molecule has 0 aliphatic heterocycles. The van der Waals surface area contributed by atoms with Gasteiger partial charge in [-0.05, 0) is 15.9 Å². The van der Waals surface area contributed by atoms with Crippen LogP contribution in [0.15, 0.2) is 16.6 Å². The Morgan fingerprint density at radius 3 is 2.56 bits per heavy atom. The molecule has 0 aromatic heterocycles. The van der Waals surface area contributed by atoms with Gasteiger partial charge in [-0.3, -0.25) is 10.1 Å². The van der Waals surface area contributed by atoms with Gasteiger partial charge in [0.05, 0.1) is 9.40 Å². The zero-order valence-electron chi connectivity index (χ0n) is 8.09. The Labute approximate surface area is 106 Å². The molecule has 6 nitrogen and oxygen atoms in total. The smallest absolute Gasteiger partial charge is 0.271 e. The monoisotopic (exact) mass is 311 g/mol. The number of hydrogen-bond acceptors (Lipinski definition) is 5. The summed E-state index contributed by atoms with van der Waals surface area (Å²) < 4.78 is 0.232. The number of aromatic hydroxyl groups is 1. The van der Waals surface area contributed by atoms with E-state index in [0.717, 1.165) is 0 Å². The van der Waals surface area contributed by atoms with Crippen molar-refractivity contribution in [3.05, 3.63) is 32.3 Å². The molecule has 5 N–H and O–H groups in total. The normalized spacial score (nSPS) is 11.7. The van der Waals surface area contributed by atoms with Crippen LogP contribution in [0.5, 0.6) is 5.75 Å². The highest BCUT2D eigenvalue weighted by Gasteiger charge is 2.18. The molecule has 1 rings (SSSR count). The second-order valence-electron chi connectivity index (χ2n) is 2.96. The van der Waals surface area contributed by atoms with Crippen molar-refractivity contribution >= 4 is 34.0 Å². The van der Waals surface area contributed by atoms with Gasteiger partial charge in [0, 0.05) is 30.3 Å². The number of halogens is 2. The first-order valence-corrected chi connectivity index (χ1v) is 4.89. The van der Waals surface area contributed by atoms with Gasteiger partial charge in [0.1, 0.15) is 5.75 Å². The van der Waals surface area contributed by atoms with Crippen LogP contribution in [-0.4, -0.2) is 16.6 Å². The summed E-state index contributed by atoms with van der Waals surface area (Å²) in [4.78, 5) is 10.0. The number of benzene rings is 1. The van der Waals surface area contributed by atoms with Crippen LogP contribution in [0.1, 0.15) is 11.6 Å². The second kappa shape index (κ2) is 6.00. The molecular weight excluding hydrogens is 301 g/mol. The number of phenols is 1. The van der Waals surface area contributed by atoms with E-state index in [1.54, 1.807) is 0 Å². The number of rotatable bonds is 3. The van der Waals surface area contributed by atoms with E-state index in [-0.39, 0.29) is 40.4 Å². The van der Waals surface area contributed by atoms with E-state index >= 15 is 0 Å². The number of phenolic OH excluding ortho intramolecular Hbond substituents is 1. The highest BCUT2D eigenvalue weighted by Crippen LogP contribution is 2.34. The molecule has 0 aliphatic carbocycles. The highest BCUT2D eigenvalue weighted by atomic mass is 79.9. The molecule has 90 valence electrons. The van der Waals surface area contributed by atoms with Crippen molar-refractivity contribution in [1.82, 2.24) is 0 Å². The zero-order valence-corrected chi connectivity index (χ0v) is 10.5. The number of non-ortho nitro benzene ring substituents is 1. The van der Waals surface area contributed by atoms with Crippen LogP contribution in [0, 0.1) is 10.1 Å². The van der Waals surface area contributed by atoms with E-state index in [9.17, 15) is 15.2 Å². The lowest BCUT2D eigenvalue weighted by molar-refractivity contribution is -0.385. The lowest BCUT2D eigenvalue weighted by atomic mass is 10.1. The molecule has 0 aliphatic rings. The summed E-state index contributed by atoms with van der Waals surface area (Å²) in [7, 11) is 0. The third kappa shape index (κ3) is 3.05. The lowest BCUT2D eigenvalue weighted by Crippen LogP contribution is -2.21. The van der Waals surface area contributed by atoms with Crippen LogP contribution in [-0.2, 0) is 0 Å². The van der Waals surface area contributed by atoms with Gasteiger partial charge in [-0.2, -0.15) is 0 Å². The van der Waals surface area contributed by atoms with Gasteiger partial charge in [0.2, 0.25) is 0 Å². The molecule has 0 spiro atoms. The largest absolute Gasteiger partial charge is 0.506 e. The molecule has 16 heavy (non-hydrogen) atoms. The molecule has 0 fully saturated rings. The van der Waals surface area contributed by atoms with Crippen molar-refractivity contribution in [2.24, 2.45) is 11.5 Å². The maximum atomic E-state index is 10.6. The van der Waals surface area contributed by atoms with Gasteiger partial charge >= 0.3 is 0 Å². The van der Waals surface area contributed by atoms with Crippen molar-refractivity contribution in [2.75, 3.05) is 6.54 Å². The fourth-order valence-electron chi connectivity index (χ4n) is 1.12. The van der Waals surface area contributed by atoms with E-state index < -0.39 is 11.0 Å². The molecule has 1 aromatic rings. The minimum absolute atomic E-state index is 0. The predicted octanol–water partition coefficient (Wildman–Crippen LogP) is 1.44. The van der Waals surface area contributed by atoms with E-state index in [0.29, 0.717) is 0 Å². The molecular formula is C8H11BrClN3O3. The number of nitro benzene ring substituents is 1. The van der Waals surface area contributed by atoms with Gasteiger partial charge in [-0.15, -0.1) is 12.4 Å². The summed E-state index contributed by atoms with van der Waals surface area (Å²) in [5.74, 6) is -0.112. The Morgan fingerprint density at radius 1 is 1.56 bits per heavy atom. The minimum Gasteiger partial charge on any atom is -0.506 e. The Balaban J connectivity index is 0.00000225. The Bertz CT molecular complexity index is 402. The fourth-order valence-corrected chi connectivity index (χ4v) is 1.58. The van der Waals surface area contributed by atoms with Crippen LogP contribution in [0.2, 0.25) is 0 Å². The number of nitrogens with two attached hydrogens (primary N) is 2. The molecule has 8 heteroatoms. The Hall–Kier alpha value is -0.890. The number of nitro groups is 1. The topological polar surface area (TPSA) is 115 Å². The molecule has 1 aromatic carbocycles. The molecule has 0 amide bonds. The molecule has 0 saturated heterocycles. The van der Waals surface area contributed by atoms with E-state index in [4.69, 9.17) is 11.5 Å². The first kappa shape index (κ1) is 15.1. The SMILES string of the molecule is Cl.NC[C@@H](N)c1cc([N+](=O)[O-])cc(Br)c1O. The zero-order chi connectivity index (χ0) is 11.6. The van der Waals surface area contributed by atoms with Gasteiger partial charge < -0.3 is 16.6 Å². The summed E-state index contributed by atoms with van der Waals surface area (Å²) in [5.41, 5.74) is 11.1.